The van der Waals surface area contributed by atoms with Crippen LogP contribution in [0, 0.1) is 24.1 Å². The van der Waals surface area contributed by atoms with Crippen molar-refractivity contribution in [3.8, 4) is 0 Å². The molecule has 20 heavy (non-hydrogen) atoms. The number of hydrogen-bond donors (Lipinski definition) is 1. The number of hydrogen-bond acceptors (Lipinski definition) is 1. The SMILES string of the molecule is Cc1cc(F)ccc1C1(O)CCCC(C(C)(C)C)CC1. The minimum Gasteiger partial charge on any atom is -0.385 e. The molecule has 0 aromatic heterocycles. The molecular formula is C18H27FO. The van der Waals surface area contributed by atoms with Crippen LogP contribution in [0.2, 0.25) is 0 Å². The Kier molecular flexibility index (Phi) is 4.24. The monoisotopic (exact) mass is 278 g/mol. The molecule has 112 valence electrons. The molecule has 2 rings (SSSR count). The maximum absolute atomic E-state index is 13.3. The van der Waals surface area contributed by atoms with E-state index in [2.05, 4.69) is 20.8 Å². The largest absolute Gasteiger partial charge is 0.385 e. The summed E-state index contributed by atoms with van der Waals surface area (Å²) in [5.41, 5.74) is 1.29. The van der Waals surface area contributed by atoms with Crippen LogP contribution in [0.3, 0.4) is 0 Å². The van der Waals surface area contributed by atoms with Crippen molar-refractivity contribution in [2.24, 2.45) is 11.3 Å². The molecule has 1 fully saturated rings. The van der Waals surface area contributed by atoms with E-state index in [9.17, 15) is 9.50 Å². The zero-order chi connectivity index (χ0) is 15.0. The van der Waals surface area contributed by atoms with Gasteiger partial charge in [0.2, 0.25) is 0 Å². The summed E-state index contributed by atoms with van der Waals surface area (Å²) in [6, 6.07) is 4.76. The molecule has 1 saturated carbocycles. The molecule has 2 atom stereocenters. The van der Waals surface area contributed by atoms with Crippen LogP contribution in [0.5, 0.6) is 0 Å². The Bertz CT molecular complexity index is 475. The molecule has 0 bridgehead atoms. The Hall–Kier alpha value is -0.890. The summed E-state index contributed by atoms with van der Waals surface area (Å²) < 4.78 is 13.3. The van der Waals surface area contributed by atoms with Crippen molar-refractivity contribution < 1.29 is 9.50 Å². The Morgan fingerprint density at radius 3 is 2.50 bits per heavy atom. The van der Waals surface area contributed by atoms with Crippen molar-refractivity contribution in [1.29, 1.82) is 0 Å². The van der Waals surface area contributed by atoms with Gasteiger partial charge < -0.3 is 5.11 Å². The van der Waals surface area contributed by atoms with E-state index in [1.807, 2.05) is 6.92 Å². The Balaban J connectivity index is 2.23. The zero-order valence-corrected chi connectivity index (χ0v) is 13.2. The van der Waals surface area contributed by atoms with Crippen LogP contribution >= 0.6 is 0 Å². The second-order valence-electron chi connectivity index (χ2n) is 7.48. The number of rotatable bonds is 1. The van der Waals surface area contributed by atoms with Crippen molar-refractivity contribution in [2.75, 3.05) is 0 Å². The van der Waals surface area contributed by atoms with Crippen molar-refractivity contribution in [3.05, 3.63) is 35.1 Å². The fourth-order valence-corrected chi connectivity index (χ4v) is 3.61. The molecule has 1 N–H and O–H groups in total. The second-order valence-corrected chi connectivity index (χ2v) is 7.48. The van der Waals surface area contributed by atoms with Gasteiger partial charge in [-0.05, 0) is 73.6 Å². The molecular weight excluding hydrogens is 251 g/mol. The molecule has 2 unspecified atom stereocenters. The van der Waals surface area contributed by atoms with Gasteiger partial charge in [0, 0.05) is 0 Å². The van der Waals surface area contributed by atoms with Crippen LogP contribution in [0.25, 0.3) is 0 Å². The first kappa shape index (κ1) is 15.5. The first-order valence-corrected chi connectivity index (χ1v) is 7.71. The van der Waals surface area contributed by atoms with E-state index in [1.54, 1.807) is 6.07 Å². The average molecular weight is 278 g/mol. The van der Waals surface area contributed by atoms with Crippen LogP contribution in [-0.4, -0.2) is 5.11 Å². The normalized spacial score (nSPS) is 28.2. The minimum atomic E-state index is -0.780. The van der Waals surface area contributed by atoms with Crippen LogP contribution in [0.4, 0.5) is 4.39 Å². The number of benzene rings is 1. The summed E-state index contributed by atoms with van der Waals surface area (Å²) in [6.07, 6.45) is 4.81. The van der Waals surface area contributed by atoms with Gasteiger partial charge in [-0.3, -0.25) is 0 Å². The van der Waals surface area contributed by atoms with E-state index in [1.165, 1.54) is 18.6 Å². The molecule has 0 amide bonds. The molecule has 1 nitrogen and oxygen atoms in total. The average Bonchev–Trinajstić information content (AvgIpc) is 2.51. The molecule has 2 heteroatoms. The summed E-state index contributed by atoms with van der Waals surface area (Å²) in [5.74, 6) is 0.424. The maximum atomic E-state index is 13.3. The molecule has 0 aliphatic heterocycles. The predicted octanol–water partition coefficient (Wildman–Crippen LogP) is 4.95. The molecule has 0 heterocycles. The summed E-state index contributed by atoms with van der Waals surface area (Å²) in [5, 5.41) is 11.1. The highest BCUT2D eigenvalue weighted by atomic mass is 19.1. The Morgan fingerprint density at radius 2 is 1.90 bits per heavy atom. The summed E-state index contributed by atoms with van der Waals surface area (Å²) in [6.45, 7) is 8.74. The van der Waals surface area contributed by atoms with Crippen LogP contribution in [0.1, 0.15) is 64.0 Å². The highest BCUT2D eigenvalue weighted by Crippen LogP contribution is 2.44. The Morgan fingerprint density at radius 1 is 1.20 bits per heavy atom. The van der Waals surface area contributed by atoms with Gasteiger partial charge in [0.15, 0.2) is 0 Å². The highest BCUT2D eigenvalue weighted by Gasteiger charge is 2.36. The van der Waals surface area contributed by atoms with E-state index in [4.69, 9.17) is 0 Å². The molecule has 0 radical (unpaired) electrons. The topological polar surface area (TPSA) is 20.2 Å². The predicted molar refractivity (Wildman–Crippen MR) is 81.1 cm³/mol. The van der Waals surface area contributed by atoms with E-state index in [0.29, 0.717) is 11.3 Å². The maximum Gasteiger partial charge on any atom is 0.123 e. The molecule has 1 aliphatic carbocycles. The van der Waals surface area contributed by atoms with Gasteiger partial charge in [0.05, 0.1) is 5.60 Å². The van der Waals surface area contributed by atoms with Crippen molar-refractivity contribution in [2.45, 2.75) is 65.4 Å². The summed E-state index contributed by atoms with van der Waals surface area (Å²) in [7, 11) is 0. The Labute approximate surface area is 122 Å². The molecule has 1 aromatic rings. The van der Waals surface area contributed by atoms with E-state index >= 15 is 0 Å². The lowest BCUT2D eigenvalue weighted by Crippen LogP contribution is -2.27. The number of aliphatic hydroxyl groups is 1. The molecule has 0 spiro atoms. The van der Waals surface area contributed by atoms with Crippen molar-refractivity contribution in [1.82, 2.24) is 0 Å². The summed E-state index contributed by atoms with van der Waals surface area (Å²) >= 11 is 0. The van der Waals surface area contributed by atoms with Crippen LogP contribution in [0.15, 0.2) is 18.2 Å². The van der Waals surface area contributed by atoms with Crippen molar-refractivity contribution >= 4 is 0 Å². The van der Waals surface area contributed by atoms with Gasteiger partial charge in [-0.1, -0.05) is 26.8 Å². The third kappa shape index (κ3) is 3.22. The van der Waals surface area contributed by atoms with Gasteiger partial charge in [-0.25, -0.2) is 4.39 Å². The lowest BCUT2D eigenvalue weighted by Gasteiger charge is -2.31. The van der Waals surface area contributed by atoms with Gasteiger partial charge in [-0.2, -0.15) is 0 Å². The molecule has 1 aromatic carbocycles. The smallest absolute Gasteiger partial charge is 0.123 e. The number of halogens is 1. The lowest BCUT2D eigenvalue weighted by molar-refractivity contribution is 0.0173. The third-order valence-electron chi connectivity index (χ3n) is 4.96. The quantitative estimate of drug-likeness (QED) is 0.721. The van der Waals surface area contributed by atoms with Gasteiger partial charge in [0.1, 0.15) is 5.82 Å². The molecule has 0 saturated heterocycles. The number of aryl methyl sites for hydroxylation is 1. The zero-order valence-electron chi connectivity index (χ0n) is 13.2. The minimum absolute atomic E-state index is 0.226. The third-order valence-corrected chi connectivity index (χ3v) is 4.96. The van der Waals surface area contributed by atoms with E-state index in [0.717, 1.165) is 36.8 Å². The van der Waals surface area contributed by atoms with Gasteiger partial charge in [-0.15, -0.1) is 0 Å². The standard InChI is InChI=1S/C18H27FO/c1-13-12-15(19)7-8-16(13)18(20)10-5-6-14(9-11-18)17(2,3)4/h7-8,12,14,20H,5-6,9-11H2,1-4H3. The lowest BCUT2D eigenvalue weighted by atomic mass is 9.76. The van der Waals surface area contributed by atoms with Gasteiger partial charge in [0.25, 0.3) is 0 Å². The highest BCUT2D eigenvalue weighted by molar-refractivity contribution is 5.32. The van der Waals surface area contributed by atoms with Crippen LogP contribution in [-0.2, 0) is 5.60 Å². The first-order chi connectivity index (χ1) is 9.22. The van der Waals surface area contributed by atoms with Crippen LogP contribution < -0.4 is 0 Å². The van der Waals surface area contributed by atoms with E-state index in [-0.39, 0.29) is 5.82 Å². The summed E-state index contributed by atoms with van der Waals surface area (Å²) in [4.78, 5) is 0. The second kappa shape index (κ2) is 5.48. The van der Waals surface area contributed by atoms with Crippen molar-refractivity contribution in [3.63, 3.8) is 0 Å². The van der Waals surface area contributed by atoms with Gasteiger partial charge >= 0.3 is 0 Å². The fraction of sp³-hybridized carbons (Fsp3) is 0.667. The molecule has 1 aliphatic rings. The first-order valence-electron chi connectivity index (χ1n) is 7.71. The van der Waals surface area contributed by atoms with E-state index < -0.39 is 5.60 Å². The fourth-order valence-electron chi connectivity index (χ4n) is 3.61.